The van der Waals surface area contributed by atoms with E-state index < -0.39 is 0 Å². The predicted molar refractivity (Wildman–Crippen MR) is 283 cm³/mol. The van der Waals surface area contributed by atoms with E-state index >= 15 is 0 Å². The van der Waals surface area contributed by atoms with Gasteiger partial charge < -0.3 is 4.90 Å². The standard InChI is InChI=1S/C63H38N2S/c64-39-40-23-29-47(30-24-40)65(49-32-34-53-52-17-7-8-22-60(52)66-61(53)38-49)48-31-27-44-35-43(25-26-45(44)36-48)46-28-33-58-59(37-46)63(55-21-10-14-42-12-2-4-16-51(42)55)57-19-6-5-18-56(57)62(58)54-20-9-13-41-11-1-3-15-50(41)54/h1-38H. The average molecular weight is 855 g/mol. The highest BCUT2D eigenvalue weighted by molar-refractivity contribution is 7.25. The summed E-state index contributed by atoms with van der Waals surface area (Å²) < 4.78 is 2.53. The Kier molecular flexibility index (Phi) is 8.81. The van der Waals surface area contributed by atoms with E-state index in [0.29, 0.717) is 5.56 Å². The normalized spacial score (nSPS) is 11.6. The van der Waals surface area contributed by atoms with Crippen molar-refractivity contribution in [2.75, 3.05) is 4.90 Å². The number of rotatable bonds is 6. The zero-order valence-corrected chi connectivity index (χ0v) is 36.6. The molecule has 0 radical (unpaired) electrons. The van der Waals surface area contributed by atoms with Crippen molar-refractivity contribution in [3.05, 3.63) is 236 Å². The fraction of sp³-hybridized carbons (Fsp3) is 0. The summed E-state index contributed by atoms with van der Waals surface area (Å²) in [7, 11) is 0. The number of hydrogen-bond acceptors (Lipinski definition) is 3. The first-order chi connectivity index (χ1) is 32.7. The van der Waals surface area contributed by atoms with Crippen LogP contribution in [0, 0.1) is 11.3 Å². The van der Waals surface area contributed by atoms with Crippen LogP contribution in [0.15, 0.2) is 231 Å². The van der Waals surface area contributed by atoms with Crippen molar-refractivity contribution in [1.82, 2.24) is 0 Å². The highest BCUT2D eigenvalue weighted by Gasteiger charge is 2.21. The lowest BCUT2D eigenvalue weighted by Crippen LogP contribution is -2.09. The molecular weight excluding hydrogens is 817 g/mol. The number of anilines is 3. The molecule has 0 N–H and O–H groups in total. The summed E-state index contributed by atoms with van der Waals surface area (Å²) in [5, 5.41) is 24.4. The van der Waals surface area contributed by atoms with Crippen molar-refractivity contribution < 1.29 is 0 Å². The van der Waals surface area contributed by atoms with Gasteiger partial charge in [-0.05, 0) is 154 Å². The van der Waals surface area contributed by atoms with Crippen LogP contribution in [0.5, 0.6) is 0 Å². The molecule has 1 heterocycles. The van der Waals surface area contributed by atoms with Crippen molar-refractivity contribution in [2.45, 2.75) is 0 Å². The maximum absolute atomic E-state index is 9.64. The molecule has 0 saturated heterocycles. The van der Waals surface area contributed by atoms with Gasteiger partial charge in [0.15, 0.2) is 0 Å². The van der Waals surface area contributed by atoms with E-state index in [4.69, 9.17) is 0 Å². The molecule has 0 unspecified atom stereocenters. The lowest BCUT2D eigenvalue weighted by atomic mass is 9.83. The van der Waals surface area contributed by atoms with Gasteiger partial charge in [0, 0.05) is 37.2 Å². The summed E-state index contributed by atoms with van der Waals surface area (Å²) in [6.45, 7) is 0. The Morgan fingerprint density at radius 1 is 0.318 bits per heavy atom. The Balaban J connectivity index is 0.986. The van der Waals surface area contributed by atoms with Gasteiger partial charge in [0.05, 0.1) is 11.6 Å². The Bertz CT molecular complexity index is 4120. The number of fused-ring (bicyclic) bond motifs is 8. The first-order valence-corrected chi connectivity index (χ1v) is 23.2. The van der Waals surface area contributed by atoms with Gasteiger partial charge in [-0.1, -0.05) is 164 Å². The maximum Gasteiger partial charge on any atom is 0.0991 e. The van der Waals surface area contributed by atoms with Gasteiger partial charge in [-0.15, -0.1) is 11.3 Å². The molecule has 0 aliphatic carbocycles. The summed E-state index contributed by atoms with van der Waals surface area (Å²) >= 11 is 1.82. The number of thiophene rings is 1. The van der Waals surface area contributed by atoms with Gasteiger partial charge in [0.1, 0.15) is 0 Å². The van der Waals surface area contributed by atoms with Crippen LogP contribution >= 0.6 is 11.3 Å². The van der Waals surface area contributed by atoms with Gasteiger partial charge in [-0.2, -0.15) is 5.26 Å². The van der Waals surface area contributed by atoms with Crippen molar-refractivity contribution in [3.63, 3.8) is 0 Å². The number of hydrogen-bond donors (Lipinski definition) is 0. The molecule has 0 bridgehead atoms. The molecule has 0 atom stereocenters. The molecule has 0 aliphatic rings. The second-order valence-electron chi connectivity index (χ2n) is 17.1. The third-order valence-electron chi connectivity index (χ3n) is 13.4. The highest BCUT2D eigenvalue weighted by Crippen LogP contribution is 2.48. The Morgan fingerprint density at radius 3 is 1.52 bits per heavy atom. The smallest absolute Gasteiger partial charge is 0.0991 e. The van der Waals surface area contributed by atoms with Crippen LogP contribution < -0.4 is 4.90 Å². The fourth-order valence-corrected chi connectivity index (χ4v) is 11.5. The number of nitriles is 1. The minimum Gasteiger partial charge on any atom is -0.310 e. The molecule has 0 saturated carbocycles. The predicted octanol–water partition coefficient (Wildman–Crippen LogP) is 18.2. The third-order valence-corrected chi connectivity index (χ3v) is 14.6. The highest BCUT2D eigenvalue weighted by atomic mass is 32.1. The van der Waals surface area contributed by atoms with Crippen LogP contribution in [0.3, 0.4) is 0 Å². The molecule has 12 aromatic carbocycles. The van der Waals surface area contributed by atoms with Gasteiger partial charge in [0.2, 0.25) is 0 Å². The van der Waals surface area contributed by atoms with E-state index in [0.717, 1.165) is 22.4 Å². The number of benzene rings is 12. The molecule has 66 heavy (non-hydrogen) atoms. The monoisotopic (exact) mass is 854 g/mol. The van der Waals surface area contributed by atoms with Crippen LogP contribution in [0.4, 0.5) is 17.1 Å². The SMILES string of the molecule is N#Cc1ccc(N(c2ccc3cc(-c4ccc5c(-c6cccc7ccccc67)c6ccccc6c(-c6cccc7ccccc67)c5c4)ccc3c2)c2ccc3c(c2)sc2ccccc23)cc1. The lowest BCUT2D eigenvalue weighted by molar-refractivity contribution is 1.29. The Hall–Kier alpha value is -8.55. The van der Waals surface area contributed by atoms with E-state index in [1.165, 1.54) is 102 Å². The van der Waals surface area contributed by atoms with E-state index in [1.54, 1.807) is 0 Å². The molecule has 306 valence electrons. The second-order valence-corrected chi connectivity index (χ2v) is 18.2. The largest absolute Gasteiger partial charge is 0.310 e. The Morgan fingerprint density at radius 2 is 0.803 bits per heavy atom. The molecule has 13 aromatic rings. The van der Waals surface area contributed by atoms with Gasteiger partial charge in [-0.3, -0.25) is 0 Å². The summed E-state index contributed by atoms with van der Waals surface area (Å²) in [5.41, 5.74) is 11.1. The van der Waals surface area contributed by atoms with Crippen LogP contribution in [0.1, 0.15) is 5.56 Å². The molecule has 0 amide bonds. The summed E-state index contributed by atoms with van der Waals surface area (Å²) in [5.74, 6) is 0. The molecule has 3 heteroatoms. The lowest BCUT2D eigenvalue weighted by Gasteiger charge is -2.26. The van der Waals surface area contributed by atoms with E-state index in [1.807, 2.05) is 35.6 Å². The molecule has 13 rings (SSSR count). The summed E-state index contributed by atoms with van der Waals surface area (Å²) in [6.07, 6.45) is 0. The van der Waals surface area contributed by atoms with Gasteiger partial charge in [0.25, 0.3) is 0 Å². The molecule has 2 nitrogen and oxygen atoms in total. The van der Waals surface area contributed by atoms with E-state index in [9.17, 15) is 5.26 Å². The van der Waals surface area contributed by atoms with E-state index in [-0.39, 0.29) is 0 Å². The first kappa shape index (κ1) is 38.0. The molecule has 0 spiro atoms. The topological polar surface area (TPSA) is 27.0 Å². The second kappa shape index (κ2) is 15.3. The fourth-order valence-electron chi connectivity index (χ4n) is 10.4. The molecular formula is C63H38N2S. The minimum absolute atomic E-state index is 0.639. The average Bonchev–Trinajstić information content (AvgIpc) is 3.76. The third kappa shape index (κ3) is 6.15. The molecule has 0 fully saturated rings. The minimum atomic E-state index is 0.639. The van der Waals surface area contributed by atoms with Gasteiger partial charge in [-0.25, -0.2) is 0 Å². The summed E-state index contributed by atoms with van der Waals surface area (Å²) in [6, 6.07) is 86.2. The zero-order valence-electron chi connectivity index (χ0n) is 35.7. The van der Waals surface area contributed by atoms with Crippen molar-refractivity contribution >= 4 is 102 Å². The van der Waals surface area contributed by atoms with Crippen molar-refractivity contribution in [2.24, 2.45) is 0 Å². The summed E-state index contributed by atoms with van der Waals surface area (Å²) in [4.78, 5) is 2.30. The van der Waals surface area contributed by atoms with Crippen LogP contribution in [0.25, 0.3) is 107 Å². The maximum atomic E-state index is 9.64. The quantitative estimate of drug-likeness (QED) is 0.156. The van der Waals surface area contributed by atoms with Crippen LogP contribution in [-0.2, 0) is 0 Å². The zero-order chi connectivity index (χ0) is 43.7. The Labute approximate surface area is 386 Å². The molecule has 0 aliphatic heterocycles. The number of nitrogens with zero attached hydrogens (tertiary/aromatic N) is 2. The van der Waals surface area contributed by atoms with Crippen LogP contribution in [-0.4, -0.2) is 0 Å². The first-order valence-electron chi connectivity index (χ1n) is 22.4. The molecule has 1 aromatic heterocycles. The van der Waals surface area contributed by atoms with Crippen LogP contribution in [0.2, 0.25) is 0 Å². The van der Waals surface area contributed by atoms with Gasteiger partial charge >= 0.3 is 0 Å². The van der Waals surface area contributed by atoms with Crippen molar-refractivity contribution in [1.29, 1.82) is 5.26 Å². The van der Waals surface area contributed by atoms with E-state index in [2.05, 4.69) is 217 Å². The van der Waals surface area contributed by atoms with Crippen molar-refractivity contribution in [3.8, 4) is 39.4 Å².